The van der Waals surface area contributed by atoms with Crippen molar-refractivity contribution >= 4 is 34.9 Å². The number of hydrogen-bond acceptors (Lipinski definition) is 6. The highest BCUT2D eigenvalue weighted by atomic mass is 32.1. The SMILES string of the molecule is COC(=S)NCC1CN(c2cc(F)c(N3CCN(CCF)CC3)c(F)c2)C(=O)O1. The van der Waals surface area contributed by atoms with E-state index in [4.69, 9.17) is 21.7 Å². The number of piperazine rings is 1. The van der Waals surface area contributed by atoms with Crippen molar-refractivity contribution in [3.05, 3.63) is 23.8 Å². The summed E-state index contributed by atoms with van der Waals surface area (Å²) in [4.78, 5) is 16.8. The summed E-state index contributed by atoms with van der Waals surface area (Å²) in [5.41, 5.74) is -0.0495. The Morgan fingerprint density at radius 3 is 2.52 bits per heavy atom. The van der Waals surface area contributed by atoms with Gasteiger partial charge in [0.05, 0.1) is 25.9 Å². The molecule has 0 radical (unpaired) electrons. The molecular weight excluding hydrogens is 409 g/mol. The molecule has 2 fully saturated rings. The van der Waals surface area contributed by atoms with Gasteiger partial charge in [-0.25, -0.2) is 18.0 Å². The van der Waals surface area contributed by atoms with E-state index < -0.39 is 30.5 Å². The smallest absolute Gasteiger partial charge is 0.414 e. The van der Waals surface area contributed by atoms with Crippen LogP contribution in [0.1, 0.15) is 0 Å². The predicted molar refractivity (Wildman–Crippen MR) is 106 cm³/mol. The molecule has 0 spiro atoms. The molecule has 1 amide bonds. The molecule has 29 heavy (non-hydrogen) atoms. The molecule has 2 heterocycles. The summed E-state index contributed by atoms with van der Waals surface area (Å²) >= 11 is 4.86. The van der Waals surface area contributed by atoms with Crippen LogP contribution in [0.15, 0.2) is 12.1 Å². The minimum atomic E-state index is -0.756. The van der Waals surface area contributed by atoms with Crippen molar-refractivity contribution in [2.75, 3.05) is 69.4 Å². The summed E-state index contributed by atoms with van der Waals surface area (Å²) in [6, 6.07) is 2.26. The molecule has 2 aliphatic rings. The first-order valence-electron chi connectivity index (χ1n) is 9.25. The van der Waals surface area contributed by atoms with Crippen molar-refractivity contribution in [3.8, 4) is 0 Å². The van der Waals surface area contributed by atoms with Gasteiger partial charge in [-0.1, -0.05) is 0 Å². The first-order valence-corrected chi connectivity index (χ1v) is 9.66. The molecule has 1 N–H and O–H groups in total. The highest BCUT2D eigenvalue weighted by Crippen LogP contribution is 2.31. The molecule has 11 heteroatoms. The van der Waals surface area contributed by atoms with Gasteiger partial charge in [0.15, 0.2) is 11.6 Å². The zero-order valence-electron chi connectivity index (χ0n) is 16.0. The number of amides is 1. The van der Waals surface area contributed by atoms with E-state index >= 15 is 0 Å². The number of carbonyl (C=O) groups is 1. The second-order valence-corrected chi connectivity index (χ2v) is 7.14. The number of methoxy groups -OCH3 is 1. The van der Waals surface area contributed by atoms with Crippen LogP contribution in [0.4, 0.5) is 29.3 Å². The fraction of sp³-hybridized carbons (Fsp3) is 0.556. The topological polar surface area (TPSA) is 57.3 Å². The molecule has 7 nitrogen and oxygen atoms in total. The number of ether oxygens (including phenoxy) is 2. The Bertz CT molecular complexity index is 739. The van der Waals surface area contributed by atoms with Crippen molar-refractivity contribution in [2.24, 2.45) is 0 Å². The molecule has 0 bridgehead atoms. The van der Waals surface area contributed by atoms with Gasteiger partial charge in [0, 0.05) is 44.9 Å². The molecule has 0 aromatic heterocycles. The number of carbonyl (C=O) groups excluding carboxylic acids is 1. The highest BCUT2D eigenvalue weighted by molar-refractivity contribution is 7.80. The standard InChI is InChI=1S/C18H23F3N4O3S/c1-27-17(29)22-10-13-11-25(18(26)28-13)12-8-14(20)16(15(21)9-12)24-6-4-23(3-2-19)5-7-24/h8-9,13H,2-7,10-11H2,1H3,(H,22,29). The third-order valence-electron chi connectivity index (χ3n) is 4.94. The van der Waals surface area contributed by atoms with Gasteiger partial charge in [-0.15, -0.1) is 0 Å². The van der Waals surface area contributed by atoms with E-state index in [-0.39, 0.29) is 29.6 Å². The van der Waals surface area contributed by atoms with Gasteiger partial charge in [0.2, 0.25) is 0 Å². The lowest BCUT2D eigenvalue weighted by atomic mass is 10.2. The summed E-state index contributed by atoms with van der Waals surface area (Å²) in [6.45, 7) is 2.07. The monoisotopic (exact) mass is 432 g/mol. The van der Waals surface area contributed by atoms with Gasteiger partial charge >= 0.3 is 6.09 Å². The summed E-state index contributed by atoms with van der Waals surface area (Å²) in [5, 5.41) is 2.94. The van der Waals surface area contributed by atoms with Crippen LogP contribution in [0.3, 0.4) is 0 Å². The number of halogens is 3. The zero-order chi connectivity index (χ0) is 21.0. The first-order chi connectivity index (χ1) is 13.9. The fourth-order valence-electron chi connectivity index (χ4n) is 3.43. The number of anilines is 2. The van der Waals surface area contributed by atoms with Crippen molar-refractivity contribution in [1.82, 2.24) is 10.2 Å². The Balaban J connectivity index is 1.68. The molecule has 1 unspecified atom stereocenters. The van der Waals surface area contributed by atoms with Crippen molar-refractivity contribution in [2.45, 2.75) is 6.10 Å². The lowest BCUT2D eigenvalue weighted by Gasteiger charge is -2.36. The number of thiocarbonyl (C=S) groups is 1. The van der Waals surface area contributed by atoms with E-state index in [0.29, 0.717) is 32.7 Å². The minimum absolute atomic E-state index is 0.0848. The summed E-state index contributed by atoms with van der Waals surface area (Å²) < 4.78 is 51.9. The lowest BCUT2D eigenvalue weighted by molar-refractivity contribution is 0.142. The number of benzene rings is 1. The van der Waals surface area contributed by atoms with E-state index in [1.807, 2.05) is 4.90 Å². The van der Waals surface area contributed by atoms with Crippen LogP contribution in [0.2, 0.25) is 0 Å². The Labute approximate surface area is 172 Å². The molecule has 0 saturated carbocycles. The van der Waals surface area contributed by atoms with Gasteiger partial charge in [-0.05, 0) is 12.2 Å². The summed E-state index contributed by atoms with van der Waals surface area (Å²) in [7, 11) is 1.41. The van der Waals surface area contributed by atoms with Crippen LogP contribution in [0, 0.1) is 11.6 Å². The van der Waals surface area contributed by atoms with Crippen LogP contribution in [-0.4, -0.2) is 81.9 Å². The van der Waals surface area contributed by atoms with E-state index in [2.05, 4.69) is 5.32 Å². The van der Waals surface area contributed by atoms with Crippen LogP contribution < -0.4 is 15.1 Å². The molecule has 1 aromatic carbocycles. The van der Waals surface area contributed by atoms with E-state index in [1.165, 1.54) is 12.0 Å². The Kier molecular flexibility index (Phi) is 7.01. The van der Waals surface area contributed by atoms with E-state index in [0.717, 1.165) is 12.1 Å². The number of rotatable bonds is 6. The molecule has 1 atom stereocenters. The maximum atomic E-state index is 14.7. The predicted octanol–water partition coefficient (Wildman–Crippen LogP) is 1.90. The lowest BCUT2D eigenvalue weighted by Crippen LogP contribution is -2.47. The maximum absolute atomic E-state index is 14.7. The Morgan fingerprint density at radius 2 is 1.93 bits per heavy atom. The average Bonchev–Trinajstić information content (AvgIpc) is 3.07. The normalized spacial score (nSPS) is 20.0. The third kappa shape index (κ3) is 5.02. The zero-order valence-corrected chi connectivity index (χ0v) is 16.8. The largest absolute Gasteiger partial charge is 0.474 e. The molecule has 2 aliphatic heterocycles. The maximum Gasteiger partial charge on any atom is 0.414 e. The van der Waals surface area contributed by atoms with Crippen LogP contribution in [0.5, 0.6) is 0 Å². The quantitative estimate of drug-likeness (QED) is 0.689. The number of alkyl halides is 1. The molecular formula is C18H23F3N4O3S. The third-order valence-corrected chi connectivity index (χ3v) is 5.25. The molecule has 3 rings (SSSR count). The fourth-order valence-corrected chi connectivity index (χ4v) is 3.52. The Morgan fingerprint density at radius 1 is 1.28 bits per heavy atom. The van der Waals surface area contributed by atoms with Crippen molar-refractivity contribution in [3.63, 3.8) is 0 Å². The number of cyclic esters (lactones) is 1. The molecule has 2 saturated heterocycles. The van der Waals surface area contributed by atoms with Gasteiger partial charge in [-0.2, -0.15) is 0 Å². The number of nitrogens with one attached hydrogen (secondary N) is 1. The van der Waals surface area contributed by atoms with Gasteiger partial charge < -0.3 is 19.7 Å². The van der Waals surface area contributed by atoms with Gasteiger partial charge in [0.25, 0.3) is 5.17 Å². The van der Waals surface area contributed by atoms with Crippen molar-refractivity contribution in [1.29, 1.82) is 0 Å². The van der Waals surface area contributed by atoms with E-state index in [9.17, 15) is 18.0 Å². The number of nitrogens with zero attached hydrogens (tertiary/aromatic N) is 3. The summed E-state index contributed by atoms with van der Waals surface area (Å²) in [6.07, 6.45) is -1.23. The number of hydrogen-bond donors (Lipinski definition) is 1. The Hall–Kier alpha value is -2.27. The van der Waals surface area contributed by atoms with Gasteiger partial charge in [0.1, 0.15) is 18.5 Å². The summed E-state index contributed by atoms with van der Waals surface area (Å²) in [5.74, 6) is -1.51. The highest BCUT2D eigenvalue weighted by Gasteiger charge is 2.34. The van der Waals surface area contributed by atoms with Crippen LogP contribution in [-0.2, 0) is 9.47 Å². The molecule has 1 aromatic rings. The van der Waals surface area contributed by atoms with Crippen LogP contribution in [0.25, 0.3) is 0 Å². The second kappa shape index (κ2) is 9.49. The first kappa shape index (κ1) is 21.4. The average molecular weight is 432 g/mol. The molecule has 0 aliphatic carbocycles. The molecule has 160 valence electrons. The minimum Gasteiger partial charge on any atom is -0.474 e. The van der Waals surface area contributed by atoms with Gasteiger partial charge in [-0.3, -0.25) is 9.80 Å². The van der Waals surface area contributed by atoms with E-state index in [1.54, 1.807) is 4.90 Å². The van der Waals surface area contributed by atoms with Crippen LogP contribution >= 0.6 is 12.2 Å². The van der Waals surface area contributed by atoms with Crippen molar-refractivity contribution < 1.29 is 27.4 Å². The second-order valence-electron chi connectivity index (χ2n) is 6.76.